The molecular weight excluding hydrogens is 860 g/mol. The summed E-state index contributed by atoms with van der Waals surface area (Å²) >= 11 is 0. The second-order valence-corrected chi connectivity index (χ2v) is 20.5. The summed E-state index contributed by atoms with van der Waals surface area (Å²) in [6.07, 6.45) is 39.6. The van der Waals surface area contributed by atoms with Crippen LogP contribution in [-0.2, 0) is 27.9 Å². The fraction of sp³-hybridized carbons (Fsp3) is 0.906. The quantitative estimate of drug-likeness (QED) is 0.0147. The number of aliphatic hydroxyl groups is 5. The van der Waals surface area contributed by atoms with Gasteiger partial charge in [-0.3, -0.25) is 13.8 Å². The molecule has 390 valence electrons. The number of ether oxygens (including phenoxy) is 2. The first-order valence-electron chi connectivity index (χ1n) is 27.2. The molecule has 0 heterocycles. The summed E-state index contributed by atoms with van der Waals surface area (Å²) in [7, 11) is -5.02. The van der Waals surface area contributed by atoms with Crippen LogP contribution in [-0.4, -0.2) is 98.9 Å². The van der Waals surface area contributed by atoms with E-state index >= 15 is 0 Å². The summed E-state index contributed by atoms with van der Waals surface area (Å²) in [5, 5.41) is 50.3. The molecule has 6 N–H and O–H groups in total. The molecule has 66 heavy (non-hydrogen) atoms. The predicted molar refractivity (Wildman–Crippen MR) is 267 cm³/mol. The molecule has 1 fully saturated rings. The minimum atomic E-state index is -5.02. The molecular formula is C53H101O12P. The van der Waals surface area contributed by atoms with Gasteiger partial charge in [0.2, 0.25) is 0 Å². The van der Waals surface area contributed by atoms with Gasteiger partial charge >= 0.3 is 13.8 Å². The zero-order valence-electron chi connectivity index (χ0n) is 42.0. The molecule has 1 aliphatic carbocycles. The number of phosphoric acid groups is 1. The monoisotopic (exact) mass is 961 g/mol. The summed E-state index contributed by atoms with van der Waals surface area (Å²) in [6.45, 7) is 4.29. The van der Waals surface area contributed by atoms with Gasteiger partial charge in [0, 0.05) is 13.0 Å². The van der Waals surface area contributed by atoms with E-state index in [0.29, 0.717) is 13.0 Å². The van der Waals surface area contributed by atoms with Crippen LogP contribution in [0.1, 0.15) is 245 Å². The second-order valence-electron chi connectivity index (χ2n) is 19.1. The molecule has 1 aliphatic rings. The number of phosphoric ester groups is 1. The van der Waals surface area contributed by atoms with Crippen LogP contribution in [0.3, 0.4) is 0 Å². The van der Waals surface area contributed by atoms with Crippen LogP contribution in [0.5, 0.6) is 0 Å². The lowest BCUT2D eigenvalue weighted by Crippen LogP contribution is -2.64. The van der Waals surface area contributed by atoms with E-state index in [4.69, 9.17) is 18.5 Å². The molecule has 6 unspecified atom stereocenters. The van der Waals surface area contributed by atoms with Crippen LogP contribution in [0.15, 0.2) is 24.3 Å². The fourth-order valence-electron chi connectivity index (χ4n) is 8.46. The van der Waals surface area contributed by atoms with Crippen molar-refractivity contribution in [3.63, 3.8) is 0 Å². The van der Waals surface area contributed by atoms with Gasteiger partial charge in [-0.25, -0.2) is 4.57 Å². The van der Waals surface area contributed by atoms with Gasteiger partial charge in [0.1, 0.15) is 42.7 Å². The SMILES string of the molecule is CCCCCCCC/C=C\CCCCCCCCCC(=O)OC(COCCCCCCCCCCCC/C=C\CCCCCCCCCC)COP(=O)(O)OC1C(O)C(O)C(O)C(O)C1O. The van der Waals surface area contributed by atoms with E-state index in [1.54, 1.807) is 0 Å². The molecule has 0 aromatic carbocycles. The van der Waals surface area contributed by atoms with Crippen molar-refractivity contribution < 1.29 is 58.3 Å². The molecule has 1 saturated carbocycles. The molecule has 0 amide bonds. The van der Waals surface area contributed by atoms with Crippen LogP contribution in [0.2, 0.25) is 0 Å². The van der Waals surface area contributed by atoms with Gasteiger partial charge in [0.15, 0.2) is 0 Å². The van der Waals surface area contributed by atoms with E-state index in [1.807, 2.05) is 0 Å². The maximum atomic E-state index is 12.9. The Balaban J connectivity index is 2.30. The Hall–Kier alpha value is -1.18. The number of hydrogen-bond donors (Lipinski definition) is 6. The largest absolute Gasteiger partial charge is 0.472 e. The highest BCUT2D eigenvalue weighted by Crippen LogP contribution is 2.47. The van der Waals surface area contributed by atoms with Crippen molar-refractivity contribution in [1.82, 2.24) is 0 Å². The third-order valence-electron chi connectivity index (χ3n) is 12.8. The summed E-state index contributed by atoms with van der Waals surface area (Å²) in [5.41, 5.74) is 0. The maximum absolute atomic E-state index is 12.9. The average Bonchev–Trinajstić information content (AvgIpc) is 3.30. The molecule has 0 radical (unpaired) electrons. The van der Waals surface area contributed by atoms with Gasteiger partial charge in [-0.05, 0) is 64.2 Å². The Morgan fingerprint density at radius 2 is 0.803 bits per heavy atom. The molecule has 1 rings (SSSR count). The topological polar surface area (TPSA) is 192 Å². The Morgan fingerprint density at radius 1 is 0.470 bits per heavy atom. The smallest absolute Gasteiger partial charge is 0.457 e. The maximum Gasteiger partial charge on any atom is 0.472 e. The van der Waals surface area contributed by atoms with Crippen molar-refractivity contribution >= 4 is 13.8 Å². The van der Waals surface area contributed by atoms with E-state index in [-0.39, 0.29) is 13.0 Å². The molecule has 0 aliphatic heterocycles. The van der Waals surface area contributed by atoms with Crippen LogP contribution in [0.25, 0.3) is 0 Å². The van der Waals surface area contributed by atoms with E-state index in [0.717, 1.165) is 44.9 Å². The Labute approximate surface area is 402 Å². The van der Waals surface area contributed by atoms with Crippen LogP contribution in [0, 0.1) is 0 Å². The van der Waals surface area contributed by atoms with Gasteiger partial charge in [0.05, 0.1) is 13.2 Å². The molecule has 12 nitrogen and oxygen atoms in total. The highest BCUT2D eigenvalue weighted by molar-refractivity contribution is 7.47. The summed E-state index contributed by atoms with van der Waals surface area (Å²) in [6, 6.07) is 0. The zero-order chi connectivity index (χ0) is 48.4. The van der Waals surface area contributed by atoms with E-state index in [1.165, 1.54) is 173 Å². The lowest BCUT2D eigenvalue weighted by molar-refractivity contribution is -0.220. The number of hydrogen-bond acceptors (Lipinski definition) is 11. The molecule has 6 atom stereocenters. The van der Waals surface area contributed by atoms with Crippen molar-refractivity contribution in [2.45, 2.75) is 288 Å². The number of carbonyl (C=O) groups is 1. The first kappa shape index (κ1) is 62.8. The van der Waals surface area contributed by atoms with Gasteiger partial charge in [0.25, 0.3) is 0 Å². The molecule has 0 aromatic rings. The fourth-order valence-corrected chi connectivity index (χ4v) is 9.44. The molecule has 13 heteroatoms. The van der Waals surface area contributed by atoms with Crippen molar-refractivity contribution in [1.29, 1.82) is 0 Å². The van der Waals surface area contributed by atoms with E-state index < -0.39 is 63.1 Å². The number of carbonyl (C=O) groups excluding carboxylic acids is 1. The third kappa shape index (κ3) is 35.0. The first-order chi connectivity index (χ1) is 32.0. The minimum absolute atomic E-state index is 0.0761. The molecule has 0 saturated heterocycles. The number of rotatable bonds is 47. The van der Waals surface area contributed by atoms with Crippen LogP contribution >= 0.6 is 7.82 Å². The standard InChI is InChI=1S/C53H101O12P/c1-3-5-7-9-11-13-15-17-19-21-22-23-24-25-27-29-31-33-35-37-39-41-43-62-44-46(45-63-66(60,61)65-53-51(58)49(56)48(55)50(57)52(53)59)64-47(54)42-40-38-36-34-32-30-28-26-20-18-16-14-12-10-8-6-4-2/h18,20-22,46,48-53,55-59H,3-17,19,23-45H2,1-2H3,(H,60,61)/b20-18-,22-21-. The highest BCUT2D eigenvalue weighted by Gasteiger charge is 2.51. The van der Waals surface area contributed by atoms with Gasteiger partial charge in [-0.15, -0.1) is 0 Å². The Morgan fingerprint density at radius 3 is 1.20 bits per heavy atom. The number of unbranched alkanes of at least 4 members (excludes halogenated alkanes) is 31. The Bertz CT molecular complexity index is 1190. The predicted octanol–water partition coefficient (Wildman–Crippen LogP) is 12.4. The van der Waals surface area contributed by atoms with Crippen molar-refractivity contribution in [2.75, 3.05) is 19.8 Å². The minimum Gasteiger partial charge on any atom is -0.457 e. The summed E-state index contributed by atoms with van der Waals surface area (Å²) < 4.78 is 34.3. The number of allylic oxidation sites excluding steroid dienone is 4. The Kier molecular flexibility index (Phi) is 41.7. The van der Waals surface area contributed by atoms with E-state index in [2.05, 4.69) is 38.2 Å². The number of aliphatic hydroxyl groups excluding tert-OH is 5. The number of esters is 1. The lowest BCUT2D eigenvalue weighted by atomic mass is 9.85. The third-order valence-corrected chi connectivity index (χ3v) is 13.8. The van der Waals surface area contributed by atoms with Crippen LogP contribution in [0.4, 0.5) is 0 Å². The van der Waals surface area contributed by atoms with Crippen molar-refractivity contribution in [3.05, 3.63) is 24.3 Å². The first-order valence-corrected chi connectivity index (χ1v) is 28.7. The van der Waals surface area contributed by atoms with Gasteiger partial charge in [-0.2, -0.15) is 0 Å². The van der Waals surface area contributed by atoms with Gasteiger partial charge in [-0.1, -0.05) is 199 Å². The van der Waals surface area contributed by atoms with Crippen LogP contribution < -0.4 is 0 Å². The normalized spacial score (nSPS) is 21.5. The molecule has 0 spiro atoms. The van der Waals surface area contributed by atoms with Crippen molar-refractivity contribution in [2.24, 2.45) is 0 Å². The second kappa shape index (κ2) is 43.8. The van der Waals surface area contributed by atoms with Crippen molar-refractivity contribution in [3.8, 4) is 0 Å². The summed E-state index contributed by atoms with van der Waals surface area (Å²) in [5.74, 6) is -0.479. The van der Waals surface area contributed by atoms with Gasteiger partial charge < -0.3 is 39.9 Å². The zero-order valence-corrected chi connectivity index (χ0v) is 42.9. The molecule has 0 aromatic heterocycles. The highest BCUT2D eigenvalue weighted by atomic mass is 31.2. The molecule has 0 bridgehead atoms. The van der Waals surface area contributed by atoms with E-state index in [9.17, 15) is 39.8 Å². The lowest BCUT2D eigenvalue weighted by Gasteiger charge is -2.41. The average molecular weight is 961 g/mol. The summed E-state index contributed by atoms with van der Waals surface area (Å²) in [4.78, 5) is 23.3.